The number of benzene rings is 1. The lowest BCUT2D eigenvalue weighted by atomic mass is 10.4. The van der Waals surface area contributed by atoms with E-state index in [1.807, 2.05) is 0 Å². The molecule has 11 heavy (non-hydrogen) atoms. The van der Waals surface area contributed by atoms with Gasteiger partial charge in [0, 0.05) is 10.7 Å². The van der Waals surface area contributed by atoms with Gasteiger partial charge in [-0.05, 0) is 24.3 Å². The molecule has 0 bridgehead atoms. The molecule has 0 unspecified atom stereocenters. The van der Waals surface area contributed by atoms with Crippen LogP contribution in [0.2, 0.25) is 0 Å². The van der Waals surface area contributed by atoms with Gasteiger partial charge in [-0.3, -0.25) is 0 Å². The third-order valence-corrected chi connectivity index (χ3v) is 2.70. The predicted molar refractivity (Wildman–Crippen MR) is 46.1 cm³/mol. The topological polar surface area (TPSA) is 34.1 Å². The standard InChI is InChI=1S/C7H6BrO2S/c1-11(9,10)7-4-2-3-6(8)5-7/h3-5H,1H3. The molecule has 0 amide bonds. The fourth-order valence-electron chi connectivity index (χ4n) is 0.637. The van der Waals surface area contributed by atoms with Crippen LogP contribution < -0.4 is 0 Å². The Morgan fingerprint density at radius 2 is 2.09 bits per heavy atom. The average molecular weight is 234 g/mol. The highest BCUT2D eigenvalue weighted by atomic mass is 79.9. The lowest BCUT2D eigenvalue weighted by Crippen LogP contribution is -1.95. The molecule has 0 atom stereocenters. The van der Waals surface area contributed by atoms with Gasteiger partial charge in [0.1, 0.15) is 0 Å². The van der Waals surface area contributed by atoms with Crippen LogP contribution in [-0.2, 0) is 9.84 Å². The molecule has 0 aliphatic rings. The van der Waals surface area contributed by atoms with Crippen LogP contribution >= 0.6 is 15.9 Å². The summed E-state index contributed by atoms with van der Waals surface area (Å²) in [7, 11) is -3.09. The Morgan fingerprint density at radius 1 is 1.45 bits per heavy atom. The van der Waals surface area contributed by atoms with Crippen LogP contribution in [0.5, 0.6) is 0 Å². The molecule has 1 radical (unpaired) electrons. The van der Waals surface area contributed by atoms with E-state index in [-0.39, 0.29) is 4.90 Å². The van der Waals surface area contributed by atoms with Crippen molar-refractivity contribution in [3.05, 3.63) is 28.7 Å². The summed E-state index contributed by atoms with van der Waals surface area (Å²) in [6.07, 6.45) is 1.17. The summed E-state index contributed by atoms with van der Waals surface area (Å²) >= 11 is 3.16. The van der Waals surface area contributed by atoms with Gasteiger partial charge >= 0.3 is 0 Å². The third kappa shape index (κ3) is 2.31. The minimum Gasteiger partial charge on any atom is -0.224 e. The molecule has 1 aromatic rings. The Kier molecular flexibility index (Phi) is 2.34. The van der Waals surface area contributed by atoms with E-state index < -0.39 is 9.84 Å². The quantitative estimate of drug-likeness (QED) is 0.740. The Balaban J connectivity index is 3.28. The molecule has 0 aromatic heterocycles. The minimum absolute atomic E-state index is 0.284. The number of hydrogen-bond donors (Lipinski definition) is 0. The molecule has 59 valence electrons. The molecule has 0 aliphatic heterocycles. The van der Waals surface area contributed by atoms with Crippen LogP contribution in [0.1, 0.15) is 0 Å². The molecule has 0 spiro atoms. The molecule has 1 aromatic carbocycles. The van der Waals surface area contributed by atoms with Crippen molar-refractivity contribution < 1.29 is 8.42 Å². The van der Waals surface area contributed by atoms with Crippen LogP contribution in [0.25, 0.3) is 0 Å². The lowest BCUT2D eigenvalue weighted by Gasteiger charge is -1.96. The molecule has 0 N–H and O–H groups in total. The second-order valence-corrected chi connectivity index (χ2v) is 5.09. The van der Waals surface area contributed by atoms with Gasteiger partial charge < -0.3 is 0 Å². The number of halogens is 1. The van der Waals surface area contributed by atoms with Crippen molar-refractivity contribution in [1.82, 2.24) is 0 Å². The van der Waals surface area contributed by atoms with Crippen molar-refractivity contribution in [2.24, 2.45) is 0 Å². The minimum atomic E-state index is -3.09. The van der Waals surface area contributed by atoms with Gasteiger partial charge in [-0.25, -0.2) is 8.42 Å². The summed E-state index contributed by atoms with van der Waals surface area (Å²) in [5, 5.41) is 0. The number of sulfone groups is 1. The number of rotatable bonds is 1. The van der Waals surface area contributed by atoms with Gasteiger partial charge in [0.2, 0.25) is 0 Å². The van der Waals surface area contributed by atoms with Crippen LogP contribution in [0.15, 0.2) is 27.6 Å². The van der Waals surface area contributed by atoms with Gasteiger partial charge in [-0.15, -0.1) is 0 Å². The maximum Gasteiger partial charge on any atom is 0.175 e. The van der Waals surface area contributed by atoms with Gasteiger partial charge in [-0.1, -0.05) is 15.9 Å². The largest absolute Gasteiger partial charge is 0.224 e. The molecular formula is C7H6BrO2S. The van der Waals surface area contributed by atoms with E-state index in [0.29, 0.717) is 0 Å². The highest BCUT2D eigenvalue weighted by Crippen LogP contribution is 2.14. The van der Waals surface area contributed by atoms with Crippen LogP contribution in [-0.4, -0.2) is 14.7 Å². The van der Waals surface area contributed by atoms with Crippen molar-refractivity contribution in [2.45, 2.75) is 4.90 Å². The summed E-state index contributed by atoms with van der Waals surface area (Å²) in [6, 6.07) is 7.36. The zero-order valence-corrected chi connectivity index (χ0v) is 8.24. The molecule has 0 saturated heterocycles. The van der Waals surface area contributed by atoms with Crippen LogP contribution in [0.3, 0.4) is 0 Å². The van der Waals surface area contributed by atoms with E-state index in [4.69, 9.17) is 0 Å². The van der Waals surface area contributed by atoms with Crippen molar-refractivity contribution >= 4 is 25.8 Å². The Bertz CT molecular complexity index is 356. The smallest absolute Gasteiger partial charge is 0.175 e. The van der Waals surface area contributed by atoms with Crippen molar-refractivity contribution in [3.63, 3.8) is 0 Å². The second-order valence-electron chi connectivity index (χ2n) is 2.16. The monoisotopic (exact) mass is 233 g/mol. The van der Waals surface area contributed by atoms with E-state index >= 15 is 0 Å². The first-order chi connectivity index (χ1) is 5.00. The van der Waals surface area contributed by atoms with Crippen molar-refractivity contribution in [2.75, 3.05) is 6.26 Å². The first kappa shape index (κ1) is 8.74. The summed E-state index contributed by atoms with van der Waals surface area (Å²) in [6.45, 7) is 0. The highest BCUT2D eigenvalue weighted by molar-refractivity contribution is 9.10. The molecule has 2 nitrogen and oxygen atoms in total. The van der Waals surface area contributed by atoms with E-state index in [2.05, 4.69) is 22.0 Å². The maximum absolute atomic E-state index is 10.9. The average Bonchev–Trinajstić information content (AvgIpc) is 1.86. The van der Waals surface area contributed by atoms with Crippen LogP contribution in [0.4, 0.5) is 0 Å². The predicted octanol–water partition coefficient (Wildman–Crippen LogP) is 1.65. The SMILES string of the molecule is CS(=O)(=O)c1c[c]cc(Br)c1. The Hall–Kier alpha value is -0.350. The van der Waals surface area contributed by atoms with Gasteiger partial charge in [-0.2, -0.15) is 0 Å². The normalized spacial score (nSPS) is 11.5. The zero-order chi connectivity index (χ0) is 8.48. The fourth-order valence-corrected chi connectivity index (χ4v) is 1.79. The highest BCUT2D eigenvalue weighted by Gasteiger charge is 2.05. The lowest BCUT2D eigenvalue weighted by molar-refractivity contribution is 0.602. The van der Waals surface area contributed by atoms with E-state index in [0.717, 1.165) is 4.47 Å². The summed E-state index contributed by atoms with van der Waals surface area (Å²) in [5.74, 6) is 0. The molecule has 1 rings (SSSR count). The fraction of sp³-hybridized carbons (Fsp3) is 0.143. The Labute approximate surface area is 74.3 Å². The van der Waals surface area contributed by atoms with E-state index in [1.54, 1.807) is 12.1 Å². The van der Waals surface area contributed by atoms with Crippen molar-refractivity contribution in [3.8, 4) is 0 Å². The molecule has 0 saturated carbocycles. The van der Waals surface area contributed by atoms with Crippen LogP contribution in [0, 0.1) is 6.07 Å². The van der Waals surface area contributed by atoms with Gasteiger partial charge in [0.25, 0.3) is 0 Å². The summed E-state index contributed by atoms with van der Waals surface area (Å²) in [4.78, 5) is 0.284. The molecule has 0 aliphatic carbocycles. The summed E-state index contributed by atoms with van der Waals surface area (Å²) in [5.41, 5.74) is 0. The molecule has 0 heterocycles. The van der Waals surface area contributed by atoms with Crippen molar-refractivity contribution in [1.29, 1.82) is 0 Å². The maximum atomic E-state index is 10.9. The first-order valence-corrected chi connectivity index (χ1v) is 5.55. The molecular weight excluding hydrogens is 228 g/mol. The van der Waals surface area contributed by atoms with E-state index in [9.17, 15) is 8.42 Å². The zero-order valence-electron chi connectivity index (χ0n) is 5.83. The van der Waals surface area contributed by atoms with Gasteiger partial charge in [0.05, 0.1) is 4.90 Å². The number of hydrogen-bond acceptors (Lipinski definition) is 2. The molecule has 4 heteroatoms. The summed E-state index contributed by atoms with van der Waals surface area (Å²) < 4.78 is 22.6. The second kappa shape index (κ2) is 2.95. The van der Waals surface area contributed by atoms with E-state index in [1.165, 1.54) is 12.3 Å². The first-order valence-electron chi connectivity index (χ1n) is 2.87. The third-order valence-electron chi connectivity index (χ3n) is 1.16. The molecule has 0 fully saturated rings. The van der Waals surface area contributed by atoms with Gasteiger partial charge in [0.15, 0.2) is 9.84 Å². The Morgan fingerprint density at radius 3 is 2.45 bits per heavy atom.